The van der Waals surface area contributed by atoms with Gasteiger partial charge in [-0.15, -0.1) is 24.8 Å². The minimum Gasteiger partial charge on any atom is -0.505 e. The molecule has 0 aromatic heterocycles. The third-order valence-corrected chi connectivity index (χ3v) is 3.61. The van der Waals surface area contributed by atoms with E-state index in [0.717, 1.165) is 13.1 Å². The molecule has 1 saturated heterocycles. The maximum Gasteiger partial charge on any atom is 0.166 e. The molecule has 8 heteroatoms. The van der Waals surface area contributed by atoms with Crippen LogP contribution in [0.5, 0.6) is 5.75 Å². The van der Waals surface area contributed by atoms with Gasteiger partial charge in [-0.25, -0.2) is 8.78 Å². The van der Waals surface area contributed by atoms with Crippen molar-refractivity contribution in [2.24, 2.45) is 0 Å². The highest BCUT2D eigenvalue weighted by Gasteiger charge is 2.26. The summed E-state index contributed by atoms with van der Waals surface area (Å²) in [4.78, 5) is 1.91. The SMILES string of the molecule is Cl.Cl.Oc1c(F)cc(Br)cc1[C@H](CF)N1CCNCC1. The first kappa shape index (κ1) is 19.9. The van der Waals surface area contributed by atoms with Crippen LogP contribution in [0.1, 0.15) is 11.6 Å². The topological polar surface area (TPSA) is 35.5 Å². The van der Waals surface area contributed by atoms with Crippen molar-refractivity contribution in [1.82, 2.24) is 10.2 Å². The van der Waals surface area contributed by atoms with Gasteiger partial charge in [0.1, 0.15) is 6.67 Å². The fraction of sp³-hybridized carbons (Fsp3) is 0.500. The molecule has 1 aliphatic heterocycles. The zero-order valence-corrected chi connectivity index (χ0v) is 13.8. The molecular weight excluding hydrogens is 377 g/mol. The average molecular weight is 394 g/mol. The number of benzene rings is 1. The number of phenolic OH excluding ortho intramolecular Hbond substituents is 1. The van der Waals surface area contributed by atoms with E-state index in [1.54, 1.807) is 6.07 Å². The summed E-state index contributed by atoms with van der Waals surface area (Å²) < 4.78 is 27.2. The molecule has 3 nitrogen and oxygen atoms in total. The van der Waals surface area contributed by atoms with Crippen LogP contribution in [0.2, 0.25) is 0 Å². The second-order valence-corrected chi connectivity index (χ2v) is 5.20. The lowest BCUT2D eigenvalue weighted by Crippen LogP contribution is -2.45. The molecule has 0 spiro atoms. The van der Waals surface area contributed by atoms with E-state index in [9.17, 15) is 13.9 Å². The molecule has 0 radical (unpaired) electrons. The molecule has 20 heavy (non-hydrogen) atoms. The van der Waals surface area contributed by atoms with Crippen molar-refractivity contribution in [2.75, 3.05) is 32.9 Å². The fourth-order valence-corrected chi connectivity index (χ4v) is 2.66. The van der Waals surface area contributed by atoms with E-state index >= 15 is 0 Å². The van der Waals surface area contributed by atoms with Crippen LogP contribution in [0.3, 0.4) is 0 Å². The summed E-state index contributed by atoms with van der Waals surface area (Å²) in [5.74, 6) is -1.19. The number of nitrogens with one attached hydrogen (secondary N) is 1. The van der Waals surface area contributed by atoms with E-state index in [1.165, 1.54) is 6.07 Å². The van der Waals surface area contributed by atoms with Gasteiger partial charge in [-0.05, 0) is 12.1 Å². The van der Waals surface area contributed by atoms with Crippen LogP contribution in [0.4, 0.5) is 8.78 Å². The van der Waals surface area contributed by atoms with E-state index in [0.29, 0.717) is 23.1 Å². The molecule has 2 rings (SSSR count). The van der Waals surface area contributed by atoms with Gasteiger partial charge in [0, 0.05) is 36.2 Å². The lowest BCUT2D eigenvalue weighted by Gasteiger charge is -2.34. The van der Waals surface area contributed by atoms with Crippen molar-refractivity contribution in [1.29, 1.82) is 0 Å². The predicted molar refractivity (Wildman–Crippen MR) is 83.4 cm³/mol. The van der Waals surface area contributed by atoms with Gasteiger partial charge in [-0.2, -0.15) is 0 Å². The van der Waals surface area contributed by atoms with Crippen molar-refractivity contribution >= 4 is 40.7 Å². The Morgan fingerprint density at radius 3 is 2.45 bits per heavy atom. The van der Waals surface area contributed by atoms with Crippen LogP contribution in [0.25, 0.3) is 0 Å². The van der Waals surface area contributed by atoms with Gasteiger partial charge >= 0.3 is 0 Å². The number of piperazine rings is 1. The molecule has 1 aromatic carbocycles. The molecule has 1 aliphatic rings. The molecule has 0 bridgehead atoms. The number of hydrogen-bond donors (Lipinski definition) is 2. The Labute approximate surface area is 137 Å². The largest absolute Gasteiger partial charge is 0.505 e. The van der Waals surface area contributed by atoms with Gasteiger partial charge in [0.25, 0.3) is 0 Å². The van der Waals surface area contributed by atoms with Crippen LogP contribution in [0.15, 0.2) is 16.6 Å². The number of phenols is 1. The number of rotatable bonds is 3. The van der Waals surface area contributed by atoms with Gasteiger partial charge in [-0.1, -0.05) is 15.9 Å². The van der Waals surface area contributed by atoms with Crippen molar-refractivity contribution in [2.45, 2.75) is 6.04 Å². The Kier molecular flexibility index (Phi) is 8.93. The van der Waals surface area contributed by atoms with Gasteiger partial charge in [0.05, 0.1) is 6.04 Å². The Balaban J connectivity index is 0.00000180. The first-order valence-corrected chi connectivity index (χ1v) is 6.61. The third kappa shape index (κ3) is 4.43. The fourth-order valence-electron chi connectivity index (χ4n) is 2.21. The number of hydrogen-bond acceptors (Lipinski definition) is 3. The van der Waals surface area contributed by atoms with Crippen molar-refractivity contribution in [3.8, 4) is 5.75 Å². The summed E-state index contributed by atoms with van der Waals surface area (Å²) in [7, 11) is 0. The van der Waals surface area contributed by atoms with E-state index in [2.05, 4.69) is 21.2 Å². The summed E-state index contributed by atoms with van der Waals surface area (Å²) in [5.41, 5.74) is 0.297. The highest BCUT2D eigenvalue weighted by Crippen LogP contribution is 2.34. The number of aromatic hydroxyl groups is 1. The van der Waals surface area contributed by atoms with E-state index in [-0.39, 0.29) is 24.8 Å². The molecule has 1 heterocycles. The van der Waals surface area contributed by atoms with Crippen molar-refractivity contribution in [3.05, 3.63) is 28.0 Å². The highest BCUT2D eigenvalue weighted by atomic mass is 79.9. The maximum absolute atomic E-state index is 13.5. The quantitative estimate of drug-likeness (QED) is 0.828. The van der Waals surface area contributed by atoms with Gasteiger partial charge in [-0.3, -0.25) is 4.90 Å². The number of nitrogens with zero attached hydrogens (tertiary/aromatic N) is 1. The maximum atomic E-state index is 13.5. The number of halogens is 5. The Morgan fingerprint density at radius 2 is 1.90 bits per heavy atom. The summed E-state index contributed by atoms with van der Waals surface area (Å²) >= 11 is 3.16. The standard InChI is InChI=1S/C12H15BrF2N2O.2ClH/c13-8-5-9(12(18)10(15)6-8)11(7-14)17-3-1-16-2-4-17;;/h5-6,11,16,18H,1-4,7H2;2*1H/t11-;;/m0../s1. The average Bonchev–Trinajstić information content (AvgIpc) is 2.37. The minimum atomic E-state index is -0.729. The van der Waals surface area contributed by atoms with Gasteiger partial charge in [0.2, 0.25) is 0 Å². The normalized spacial score (nSPS) is 16.9. The molecule has 1 aromatic rings. The van der Waals surface area contributed by atoms with Crippen LogP contribution < -0.4 is 5.32 Å². The lowest BCUT2D eigenvalue weighted by atomic mass is 10.0. The van der Waals surface area contributed by atoms with Crippen LogP contribution in [-0.2, 0) is 0 Å². The molecule has 1 fully saturated rings. The highest BCUT2D eigenvalue weighted by molar-refractivity contribution is 9.10. The first-order chi connectivity index (χ1) is 8.63. The molecule has 1 atom stereocenters. The molecule has 2 N–H and O–H groups in total. The molecule has 116 valence electrons. The minimum absolute atomic E-state index is 0. The summed E-state index contributed by atoms with van der Waals surface area (Å²) in [6.45, 7) is 2.26. The van der Waals surface area contributed by atoms with Crippen LogP contribution >= 0.6 is 40.7 Å². The zero-order valence-electron chi connectivity index (χ0n) is 10.6. The Bertz CT molecular complexity index is 434. The Morgan fingerprint density at radius 1 is 1.30 bits per heavy atom. The lowest BCUT2D eigenvalue weighted by molar-refractivity contribution is 0.144. The second kappa shape index (κ2) is 9.00. The first-order valence-electron chi connectivity index (χ1n) is 5.82. The number of alkyl halides is 1. The van der Waals surface area contributed by atoms with Crippen molar-refractivity contribution in [3.63, 3.8) is 0 Å². The zero-order chi connectivity index (χ0) is 13.1. The third-order valence-electron chi connectivity index (χ3n) is 3.16. The smallest absolute Gasteiger partial charge is 0.166 e. The molecule has 0 unspecified atom stereocenters. The summed E-state index contributed by atoms with van der Waals surface area (Å²) in [6.07, 6.45) is 0. The van der Waals surface area contributed by atoms with Gasteiger partial charge < -0.3 is 10.4 Å². The molecular formula is C12H17BrCl2F2N2O. The van der Waals surface area contributed by atoms with E-state index in [4.69, 9.17) is 0 Å². The van der Waals surface area contributed by atoms with E-state index in [1.807, 2.05) is 4.90 Å². The van der Waals surface area contributed by atoms with Crippen LogP contribution in [0, 0.1) is 5.82 Å². The Hall–Kier alpha value is -0.140. The predicted octanol–water partition coefficient (Wildman–Crippen LogP) is 3.05. The second-order valence-electron chi connectivity index (χ2n) is 4.28. The van der Waals surface area contributed by atoms with Gasteiger partial charge in [0.15, 0.2) is 11.6 Å². The van der Waals surface area contributed by atoms with E-state index < -0.39 is 24.3 Å². The van der Waals surface area contributed by atoms with Crippen molar-refractivity contribution < 1.29 is 13.9 Å². The molecule has 0 amide bonds. The summed E-state index contributed by atoms with van der Waals surface area (Å²) in [5, 5.41) is 12.9. The summed E-state index contributed by atoms with van der Waals surface area (Å²) in [6, 6.07) is 2.15. The molecule has 0 saturated carbocycles. The molecule has 0 aliphatic carbocycles. The van der Waals surface area contributed by atoms with Crippen LogP contribution in [-0.4, -0.2) is 42.9 Å². The monoisotopic (exact) mass is 392 g/mol.